The van der Waals surface area contributed by atoms with Crippen LogP contribution in [-0.4, -0.2) is 27.8 Å². The summed E-state index contributed by atoms with van der Waals surface area (Å²) < 4.78 is 5.12. The van der Waals surface area contributed by atoms with Gasteiger partial charge in [-0.15, -0.1) is 0 Å². The molecule has 1 unspecified atom stereocenters. The number of aromatic nitrogens is 1. The second-order valence-corrected chi connectivity index (χ2v) is 5.56. The Morgan fingerprint density at radius 1 is 1.40 bits per heavy atom. The number of hydrogen-bond donors (Lipinski definition) is 2. The van der Waals surface area contributed by atoms with Gasteiger partial charge in [-0.25, -0.2) is 4.79 Å². The number of hydrogen-bond acceptors (Lipinski definition) is 4. The summed E-state index contributed by atoms with van der Waals surface area (Å²) in [5.41, 5.74) is 0.808. The fourth-order valence-electron chi connectivity index (χ4n) is 1.54. The van der Waals surface area contributed by atoms with Crippen molar-refractivity contribution in [3.05, 3.63) is 29.6 Å². The number of pyridine rings is 1. The highest BCUT2D eigenvalue weighted by Crippen LogP contribution is 2.16. The van der Waals surface area contributed by atoms with Crippen LogP contribution in [0.25, 0.3) is 0 Å². The molecule has 0 spiro atoms. The molecule has 0 aromatic carbocycles. The van der Waals surface area contributed by atoms with E-state index in [2.05, 4.69) is 10.3 Å². The summed E-state index contributed by atoms with van der Waals surface area (Å²) >= 11 is 0. The number of amides is 1. The first kappa shape index (κ1) is 15.9. The van der Waals surface area contributed by atoms with E-state index in [0.717, 1.165) is 5.56 Å². The third-order valence-electron chi connectivity index (χ3n) is 2.36. The molecule has 1 amide bonds. The highest BCUT2D eigenvalue weighted by atomic mass is 16.6. The molecular formula is C14H20N2O4. The topological polar surface area (TPSA) is 88.5 Å². The van der Waals surface area contributed by atoms with Crippen LogP contribution in [-0.2, 0) is 9.53 Å². The van der Waals surface area contributed by atoms with E-state index in [1.807, 2.05) is 13.0 Å². The van der Waals surface area contributed by atoms with Gasteiger partial charge >= 0.3 is 12.1 Å². The number of carbonyl (C=O) groups excluding carboxylic acids is 1. The maximum Gasteiger partial charge on any atom is 0.408 e. The number of carbonyl (C=O) groups is 2. The molecule has 0 aliphatic rings. The molecular weight excluding hydrogens is 260 g/mol. The van der Waals surface area contributed by atoms with Gasteiger partial charge in [0, 0.05) is 6.20 Å². The minimum atomic E-state index is -1.02. The Bertz CT molecular complexity index is 477. The number of carboxylic acids is 1. The number of nitrogens with one attached hydrogen (secondary N) is 1. The Kier molecular flexibility index (Phi) is 5.07. The highest BCUT2D eigenvalue weighted by molar-refractivity contribution is 5.72. The van der Waals surface area contributed by atoms with Crippen LogP contribution in [0.3, 0.4) is 0 Å². The molecule has 0 bridgehead atoms. The molecule has 1 atom stereocenters. The zero-order valence-electron chi connectivity index (χ0n) is 12.1. The molecule has 0 aliphatic heterocycles. The monoisotopic (exact) mass is 280 g/mol. The Labute approximate surface area is 118 Å². The smallest absolute Gasteiger partial charge is 0.408 e. The van der Waals surface area contributed by atoms with E-state index in [1.54, 1.807) is 33.0 Å². The lowest BCUT2D eigenvalue weighted by atomic mass is 10.1. The molecule has 0 aliphatic carbocycles. The second-order valence-electron chi connectivity index (χ2n) is 5.56. The molecule has 0 saturated heterocycles. The summed E-state index contributed by atoms with van der Waals surface area (Å²) in [5, 5.41) is 11.5. The predicted octanol–water partition coefficient (Wildman–Crippen LogP) is 2.43. The number of nitrogens with zero attached hydrogens (tertiary/aromatic N) is 1. The van der Waals surface area contributed by atoms with Crippen LogP contribution in [0.5, 0.6) is 0 Å². The largest absolute Gasteiger partial charge is 0.481 e. The minimum absolute atomic E-state index is 0.255. The summed E-state index contributed by atoms with van der Waals surface area (Å²) in [6.45, 7) is 7.10. The summed E-state index contributed by atoms with van der Waals surface area (Å²) in [5.74, 6) is -1.02. The van der Waals surface area contributed by atoms with Gasteiger partial charge in [0.05, 0.1) is 18.2 Å². The number of aryl methyl sites for hydroxylation is 1. The summed E-state index contributed by atoms with van der Waals surface area (Å²) in [4.78, 5) is 26.8. The standard InChI is InChI=1S/C14H20N2O4/c1-9-5-6-10(15-8-9)11(7-12(17)18)16-13(19)20-14(2,3)4/h5-6,8,11H,7H2,1-4H3,(H,16,19)(H,17,18). The molecule has 1 rings (SSSR count). The summed E-state index contributed by atoms with van der Waals surface area (Å²) in [6.07, 6.45) is 0.710. The molecule has 0 fully saturated rings. The Balaban J connectivity index is 2.82. The van der Waals surface area contributed by atoms with Crippen LogP contribution in [0.1, 0.15) is 44.5 Å². The first-order valence-corrected chi connectivity index (χ1v) is 6.31. The van der Waals surface area contributed by atoms with Crippen molar-refractivity contribution < 1.29 is 19.4 Å². The van der Waals surface area contributed by atoms with Gasteiger partial charge in [-0.05, 0) is 39.3 Å². The van der Waals surface area contributed by atoms with E-state index < -0.39 is 23.7 Å². The van der Waals surface area contributed by atoms with Gasteiger partial charge in [0.15, 0.2) is 0 Å². The molecule has 6 nitrogen and oxygen atoms in total. The van der Waals surface area contributed by atoms with E-state index in [-0.39, 0.29) is 6.42 Å². The maximum atomic E-state index is 11.7. The fourth-order valence-corrected chi connectivity index (χ4v) is 1.54. The second kappa shape index (κ2) is 6.36. The average Bonchev–Trinajstić information content (AvgIpc) is 2.25. The lowest BCUT2D eigenvalue weighted by Crippen LogP contribution is -2.36. The van der Waals surface area contributed by atoms with Gasteiger partial charge in [0.1, 0.15) is 5.60 Å². The number of carboxylic acid groups (broad SMARTS) is 1. The first-order valence-electron chi connectivity index (χ1n) is 6.31. The van der Waals surface area contributed by atoms with Gasteiger partial charge in [-0.3, -0.25) is 9.78 Å². The molecule has 1 aromatic heterocycles. The first-order chi connectivity index (χ1) is 9.17. The number of aliphatic carboxylic acids is 1. The van der Waals surface area contributed by atoms with Crippen molar-refractivity contribution in [3.8, 4) is 0 Å². The number of alkyl carbamates (subject to hydrolysis) is 1. The lowest BCUT2D eigenvalue weighted by molar-refractivity contribution is -0.137. The van der Waals surface area contributed by atoms with Crippen molar-refractivity contribution in [2.75, 3.05) is 0 Å². The average molecular weight is 280 g/mol. The van der Waals surface area contributed by atoms with E-state index >= 15 is 0 Å². The predicted molar refractivity (Wildman–Crippen MR) is 73.3 cm³/mol. The van der Waals surface area contributed by atoms with Crippen LogP contribution in [0.2, 0.25) is 0 Å². The Morgan fingerprint density at radius 3 is 2.50 bits per heavy atom. The van der Waals surface area contributed by atoms with Gasteiger partial charge in [0.2, 0.25) is 0 Å². The highest BCUT2D eigenvalue weighted by Gasteiger charge is 2.23. The van der Waals surface area contributed by atoms with E-state index in [4.69, 9.17) is 9.84 Å². The maximum absolute atomic E-state index is 11.7. The van der Waals surface area contributed by atoms with E-state index in [9.17, 15) is 9.59 Å². The van der Waals surface area contributed by atoms with E-state index in [0.29, 0.717) is 5.69 Å². The molecule has 1 aromatic rings. The van der Waals surface area contributed by atoms with Gasteiger partial charge in [0.25, 0.3) is 0 Å². The van der Waals surface area contributed by atoms with Crippen LogP contribution in [0, 0.1) is 6.92 Å². The van der Waals surface area contributed by atoms with Crippen molar-refractivity contribution >= 4 is 12.1 Å². The van der Waals surface area contributed by atoms with Crippen LogP contribution >= 0.6 is 0 Å². The zero-order valence-corrected chi connectivity index (χ0v) is 12.1. The molecule has 1 heterocycles. The summed E-state index contributed by atoms with van der Waals surface area (Å²) in [6, 6.07) is 2.79. The number of ether oxygens (including phenoxy) is 1. The van der Waals surface area contributed by atoms with Crippen molar-refractivity contribution in [3.63, 3.8) is 0 Å². The van der Waals surface area contributed by atoms with Crippen LogP contribution in [0.15, 0.2) is 18.3 Å². The zero-order chi connectivity index (χ0) is 15.3. The Morgan fingerprint density at radius 2 is 2.05 bits per heavy atom. The van der Waals surface area contributed by atoms with Gasteiger partial charge in [-0.2, -0.15) is 0 Å². The van der Waals surface area contributed by atoms with Crippen molar-refractivity contribution in [2.24, 2.45) is 0 Å². The van der Waals surface area contributed by atoms with Gasteiger partial charge < -0.3 is 15.2 Å². The Hall–Kier alpha value is -2.11. The lowest BCUT2D eigenvalue weighted by Gasteiger charge is -2.22. The number of rotatable bonds is 4. The SMILES string of the molecule is Cc1ccc(C(CC(=O)O)NC(=O)OC(C)(C)C)nc1. The minimum Gasteiger partial charge on any atom is -0.481 e. The quantitative estimate of drug-likeness (QED) is 0.884. The van der Waals surface area contributed by atoms with Crippen molar-refractivity contribution in [2.45, 2.75) is 45.8 Å². The van der Waals surface area contributed by atoms with Gasteiger partial charge in [-0.1, -0.05) is 6.07 Å². The molecule has 0 saturated carbocycles. The van der Waals surface area contributed by atoms with Crippen LogP contribution < -0.4 is 5.32 Å². The third-order valence-corrected chi connectivity index (χ3v) is 2.36. The third kappa shape index (κ3) is 5.69. The van der Waals surface area contributed by atoms with Crippen molar-refractivity contribution in [1.82, 2.24) is 10.3 Å². The molecule has 6 heteroatoms. The molecule has 0 radical (unpaired) electrons. The fraction of sp³-hybridized carbons (Fsp3) is 0.500. The van der Waals surface area contributed by atoms with E-state index in [1.165, 1.54) is 0 Å². The molecule has 2 N–H and O–H groups in total. The van der Waals surface area contributed by atoms with Crippen LogP contribution in [0.4, 0.5) is 4.79 Å². The molecule has 110 valence electrons. The normalized spacial score (nSPS) is 12.6. The summed E-state index contributed by atoms with van der Waals surface area (Å²) in [7, 11) is 0. The van der Waals surface area contributed by atoms with Crippen molar-refractivity contribution in [1.29, 1.82) is 0 Å². The molecule has 20 heavy (non-hydrogen) atoms.